The molecule has 0 unspecified atom stereocenters. The number of hydrogen-bond donors (Lipinski definition) is 0. The fourth-order valence-electron chi connectivity index (χ4n) is 2.48. The van der Waals surface area contributed by atoms with Crippen LogP contribution >= 0.6 is 11.6 Å². The summed E-state index contributed by atoms with van der Waals surface area (Å²) in [5.74, 6) is 0.881. The monoisotopic (exact) mass is 261 g/mol. The lowest BCUT2D eigenvalue weighted by atomic mass is 9.89. The SMILES string of the molecule is COc1ccc2nc(Cl)c3c(c2c1)C(=O)CCC3. The van der Waals surface area contributed by atoms with Gasteiger partial charge in [0.2, 0.25) is 0 Å². The molecule has 1 aromatic heterocycles. The summed E-state index contributed by atoms with van der Waals surface area (Å²) in [6, 6.07) is 5.52. The first-order valence-corrected chi connectivity index (χ1v) is 6.28. The van der Waals surface area contributed by atoms with Crippen LogP contribution in [0.2, 0.25) is 5.15 Å². The van der Waals surface area contributed by atoms with Crippen LogP contribution in [0.5, 0.6) is 5.75 Å². The maximum absolute atomic E-state index is 12.1. The number of carbonyl (C=O) groups is 1. The highest BCUT2D eigenvalue weighted by Crippen LogP contribution is 2.33. The Morgan fingerprint density at radius 2 is 2.17 bits per heavy atom. The van der Waals surface area contributed by atoms with Crippen molar-refractivity contribution in [2.24, 2.45) is 0 Å². The van der Waals surface area contributed by atoms with Crippen LogP contribution in [0.1, 0.15) is 28.8 Å². The molecule has 1 aliphatic rings. The Hall–Kier alpha value is -1.61. The van der Waals surface area contributed by atoms with Crippen LogP contribution < -0.4 is 4.74 Å². The van der Waals surface area contributed by atoms with Crippen molar-refractivity contribution in [2.75, 3.05) is 7.11 Å². The van der Waals surface area contributed by atoms with Crippen LogP contribution in [-0.4, -0.2) is 17.9 Å². The van der Waals surface area contributed by atoms with Gasteiger partial charge in [0.15, 0.2) is 5.78 Å². The minimum Gasteiger partial charge on any atom is -0.497 e. The average Bonchev–Trinajstić information content (AvgIpc) is 2.39. The van der Waals surface area contributed by atoms with E-state index < -0.39 is 0 Å². The fourth-order valence-corrected chi connectivity index (χ4v) is 2.76. The second-order valence-corrected chi connectivity index (χ2v) is 4.77. The van der Waals surface area contributed by atoms with Crippen LogP contribution in [0.15, 0.2) is 18.2 Å². The number of methoxy groups -OCH3 is 1. The summed E-state index contributed by atoms with van der Waals surface area (Å²) in [4.78, 5) is 16.5. The molecule has 0 N–H and O–H groups in total. The third kappa shape index (κ3) is 1.66. The molecule has 92 valence electrons. The lowest BCUT2D eigenvalue weighted by Crippen LogP contribution is -2.13. The first kappa shape index (κ1) is 11.5. The highest BCUT2D eigenvalue weighted by molar-refractivity contribution is 6.31. The number of rotatable bonds is 1. The predicted molar refractivity (Wildman–Crippen MR) is 70.6 cm³/mol. The van der Waals surface area contributed by atoms with Gasteiger partial charge in [0.05, 0.1) is 12.6 Å². The number of benzene rings is 1. The molecule has 4 heteroatoms. The van der Waals surface area contributed by atoms with Crippen molar-refractivity contribution in [3.8, 4) is 5.75 Å². The van der Waals surface area contributed by atoms with E-state index in [1.54, 1.807) is 7.11 Å². The maximum Gasteiger partial charge on any atom is 0.163 e. The minimum atomic E-state index is 0.152. The summed E-state index contributed by atoms with van der Waals surface area (Å²) in [5.41, 5.74) is 2.36. The van der Waals surface area contributed by atoms with Crippen molar-refractivity contribution < 1.29 is 9.53 Å². The van der Waals surface area contributed by atoms with E-state index >= 15 is 0 Å². The Labute approximate surface area is 110 Å². The summed E-state index contributed by atoms with van der Waals surface area (Å²) in [5, 5.41) is 1.30. The van der Waals surface area contributed by atoms with Gasteiger partial charge in [0, 0.05) is 22.9 Å². The summed E-state index contributed by atoms with van der Waals surface area (Å²) < 4.78 is 5.21. The van der Waals surface area contributed by atoms with E-state index in [2.05, 4.69) is 4.98 Å². The molecule has 3 rings (SSSR count). The molecule has 0 radical (unpaired) electrons. The Morgan fingerprint density at radius 1 is 1.33 bits per heavy atom. The van der Waals surface area contributed by atoms with Gasteiger partial charge in [-0.1, -0.05) is 11.6 Å². The molecule has 0 saturated heterocycles. The number of ether oxygens (including phenoxy) is 1. The van der Waals surface area contributed by atoms with Gasteiger partial charge in [-0.3, -0.25) is 4.79 Å². The van der Waals surface area contributed by atoms with Gasteiger partial charge in [-0.2, -0.15) is 0 Å². The molecule has 0 amide bonds. The molecule has 1 aliphatic carbocycles. The van der Waals surface area contributed by atoms with Crippen molar-refractivity contribution in [3.63, 3.8) is 0 Å². The molecule has 2 aromatic rings. The zero-order valence-electron chi connectivity index (χ0n) is 10.00. The lowest BCUT2D eigenvalue weighted by molar-refractivity contribution is 0.0974. The smallest absolute Gasteiger partial charge is 0.163 e. The second kappa shape index (κ2) is 4.25. The number of halogens is 1. The summed E-state index contributed by atoms with van der Waals surface area (Å²) >= 11 is 6.17. The van der Waals surface area contributed by atoms with Gasteiger partial charge in [-0.25, -0.2) is 4.98 Å². The zero-order valence-corrected chi connectivity index (χ0v) is 10.8. The Balaban J connectivity index is 2.39. The number of aromatic nitrogens is 1. The molecule has 0 bridgehead atoms. The van der Waals surface area contributed by atoms with E-state index in [1.807, 2.05) is 18.2 Å². The van der Waals surface area contributed by atoms with E-state index in [9.17, 15) is 4.79 Å². The molecule has 3 nitrogen and oxygen atoms in total. The maximum atomic E-state index is 12.1. The Morgan fingerprint density at radius 3 is 2.94 bits per heavy atom. The van der Waals surface area contributed by atoms with Crippen LogP contribution in [0, 0.1) is 0 Å². The summed E-state index contributed by atoms with van der Waals surface area (Å²) in [6.07, 6.45) is 2.25. The Kier molecular flexibility index (Phi) is 2.71. The minimum absolute atomic E-state index is 0.152. The number of nitrogens with zero attached hydrogens (tertiary/aromatic N) is 1. The fraction of sp³-hybridized carbons (Fsp3) is 0.286. The first-order chi connectivity index (χ1) is 8.70. The molecule has 0 saturated carbocycles. The predicted octanol–water partition coefficient (Wildman–Crippen LogP) is 3.42. The third-order valence-electron chi connectivity index (χ3n) is 3.35. The van der Waals surface area contributed by atoms with Gasteiger partial charge in [-0.15, -0.1) is 0 Å². The van der Waals surface area contributed by atoms with Crippen molar-refractivity contribution in [3.05, 3.63) is 34.5 Å². The van der Waals surface area contributed by atoms with E-state index in [1.165, 1.54) is 0 Å². The van der Waals surface area contributed by atoms with Gasteiger partial charge in [-0.05, 0) is 31.0 Å². The van der Waals surface area contributed by atoms with Crippen LogP contribution in [0.3, 0.4) is 0 Å². The number of carbonyl (C=O) groups excluding carboxylic acids is 1. The van der Waals surface area contributed by atoms with Gasteiger partial charge < -0.3 is 4.74 Å². The highest BCUT2D eigenvalue weighted by atomic mass is 35.5. The largest absolute Gasteiger partial charge is 0.497 e. The number of ketones is 1. The summed E-state index contributed by atoms with van der Waals surface area (Å²) in [6.45, 7) is 0. The zero-order chi connectivity index (χ0) is 12.7. The van der Waals surface area contributed by atoms with Crippen LogP contribution in [0.4, 0.5) is 0 Å². The normalized spacial score (nSPS) is 14.7. The molecule has 18 heavy (non-hydrogen) atoms. The molecule has 0 spiro atoms. The van der Waals surface area contributed by atoms with Gasteiger partial charge in [0.25, 0.3) is 0 Å². The highest BCUT2D eigenvalue weighted by Gasteiger charge is 2.23. The van der Waals surface area contributed by atoms with E-state index in [4.69, 9.17) is 16.3 Å². The molecule has 1 aromatic carbocycles. The third-order valence-corrected chi connectivity index (χ3v) is 3.66. The molecular weight excluding hydrogens is 250 g/mol. The van der Waals surface area contributed by atoms with Crippen molar-refractivity contribution in [2.45, 2.75) is 19.3 Å². The Bertz CT molecular complexity index is 652. The molecular formula is C14H12ClNO2. The van der Waals surface area contributed by atoms with E-state index in [-0.39, 0.29) is 5.78 Å². The molecule has 1 heterocycles. The second-order valence-electron chi connectivity index (χ2n) is 4.42. The van der Waals surface area contributed by atoms with E-state index in [0.717, 1.165) is 40.6 Å². The topological polar surface area (TPSA) is 39.2 Å². The number of Topliss-reactive ketones (excluding diaryl/α,β-unsaturated/α-hetero) is 1. The van der Waals surface area contributed by atoms with E-state index in [0.29, 0.717) is 11.6 Å². The van der Waals surface area contributed by atoms with Gasteiger partial charge >= 0.3 is 0 Å². The number of fused-ring (bicyclic) bond motifs is 3. The van der Waals surface area contributed by atoms with Crippen molar-refractivity contribution in [1.29, 1.82) is 0 Å². The standard InChI is InChI=1S/C14H12ClNO2/c1-18-8-5-6-11-10(7-8)13-9(14(15)16-11)3-2-4-12(13)17/h5-7H,2-4H2,1H3. The average molecular weight is 262 g/mol. The lowest BCUT2D eigenvalue weighted by Gasteiger charge is -2.18. The number of pyridine rings is 1. The van der Waals surface area contributed by atoms with Crippen molar-refractivity contribution in [1.82, 2.24) is 4.98 Å². The quantitative estimate of drug-likeness (QED) is 0.739. The molecule has 0 aliphatic heterocycles. The number of hydrogen-bond acceptors (Lipinski definition) is 3. The molecule has 0 atom stereocenters. The first-order valence-electron chi connectivity index (χ1n) is 5.90. The molecule has 0 fully saturated rings. The van der Waals surface area contributed by atoms with Crippen LogP contribution in [-0.2, 0) is 6.42 Å². The summed E-state index contributed by atoms with van der Waals surface area (Å²) in [7, 11) is 1.61. The van der Waals surface area contributed by atoms with Gasteiger partial charge in [0.1, 0.15) is 10.9 Å². The van der Waals surface area contributed by atoms with Crippen molar-refractivity contribution >= 4 is 28.3 Å². The van der Waals surface area contributed by atoms with Crippen LogP contribution in [0.25, 0.3) is 10.9 Å².